The molecule has 0 atom stereocenters. The number of thiazole rings is 1. The van der Waals surface area contributed by atoms with Crippen LogP contribution in [-0.2, 0) is 16.4 Å². The SMILES string of the molecule is O=S(=O)(c1ccc(F)cc1Cl)N1CCN(c2nc(Cc3ccc(F)c(Cl)c3)cs2)CC1. The zero-order valence-electron chi connectivity index (χ0n) is 16.1. The molecule has 2 aromatic carbocycles. The molecule has 0 radical (unpaired) electrons. The molecule has 11 heteroatoms. The average molecular weight is 504 g/mol. The van der Waals surface area contributed by atoms with Gasteiger partial charge in [0.2, 0.25) is 10.0 Å². The van der Waals surface area contributed by atoms with E-state index in [1.165, 1.54) is 27.8 Å². The molecular weight excluding hydrogens is 487 g/mol. The number of sulfonamides is 1. The van der Waals surface area contributed by atoms with E-state index in [4.69, 9.17) is 23.2 Å². The van der Waals surface area contributed by atoms with Crippen LogP contribution in [0.1, 0.15) is 11.3 Å². The van der Waals surface area contributed by atoms with Crippen molar-refractivity contribution >= 4 is 49.7 Å². The van der Waals surface area contributed by atoms with Gasteiger partial charge in [-0.1, -0.05) is 29.3 Å². The first kappa shape index (κ1) is 22.4. The number of benzene rings is 2. The molecule has 0 saturated carbocycles. The van der Waals surface area contributed by atoms with E-state index in [1.54, 1.807) is 12.1 Å². The Morgan fingerprint density at radius 1 is 1.00 bits per heavy atom. The zero-order valence-corrected chi connectivity index (χ0v) is 19.2. The third kappa shape index (κ3) is 4.85. The Balaban J connectivity index is 1.41. The number of hydrogen-bond acceptors (Lipinski definition) is 5. The van der Waals surface area contributed by atoms with Gasteiger partial charge in [-0.2, -0.15) is 4.31 Å². The highest BCUT2D eigenvalue weighted by molar-refractivity contribution is 7.89. The molecule has 0 spiro atoms. The minimum Gasteiger partial charge on any atom is -0.345 e. The van der Waals surface area contributed by atoms with Crippen molar-refractivity contribution in [2.45, 2.75) is 11.3 Å². The minimum atomic E-state index is -3.81. The van der Waals surface area contributed by atoms with Crippen LogP contribution < -0.4 is 4.90 Å². The molecule has 1 aromatic heterocycles. The lowest BCUT2D eigenvalue weighted by molar-refractivity contribution is 0.384. The second-order valence-corrected chi connectivity index (χ2v) is 10.6. The Kier molecular flexibility index (Phi) is 6.50. The monoisotopic (exact) mass is 503 g/mol. The predicted molar refractivity (Wildman–Crippen MR) is 119 cm³/mol. The van der Waals surface area contributed by atoms with Crippen molar-refractivity contribution in [3.8, 4) is 0 Å². The quantitative estimate of drug-likeness (QED) is 0.500. The normalized spacial score (nSPS) is 15.4. The van der Waals surface area contributed by atoms with Gasteiger partial charge in [0.05, 0.1) is 15.7 Å². The molecule has 0 N–H and O–H groups in total. The predicted octanol–water partition coefficient (Wildman–Crippen LogP) is 4.83. The van der Waals surface area contributed by atoms with E-state index in [9.17, 15) is 17.2 Å². The molecule has 1 aliphatic rings. The molecule has 0 bridgehead atoms. The topological polar surface area (TPSA) is 53.5 Å². The second kappa shape index (κ2) is 8.99. The van der Waals surface area contributed by atoms with Crippen LogP contribution in [0.4, 0.5) is 13.9 Å². The van der Waals surface area contributed by atoms with Crippen molar-refractivity contribution in [2.24, 2.45) is 0 Å². The Morgan fingerprint density at radius 2 is 1.74 bits per heavy atom. The number of halogens is 4. The maximum absolute atomic E-state index is 13.3. The summed E-state index contributed by atoms with van der Waals surface area (Å²) >= 11 is 13.3. The number of rotatable bonds is 5. The summed E-state index contributed by atoms with van der Waals surface area (Å²) in [6.07, 6.45) is 0.522. The number of aromatic nitrogens is 1. The molecule has 3 aromatic rings. The van der Waals surface area contributed by atoms with Crippen LogP contribution in [0.25, 0.3) is 0 Å². The Morgan fingerprint density at radius 3 is 2.42 bits per heavy atom. The van der Waals surface area contributed by atoms with Gasteiger partial charge in [-0.15, -0.1) is 11.3 Å². The van der Waals surface area contributed by atoms with Gasteiger partial charge < -0.3 is 4.90 Å². The molecule has 0 amide bonds. The molecule has 164 valence electrons. The van der Waals surface area contributed by atoms with Crippen molar-refractivity contribution in [3.05, 3.63) is 74.7 Å². The van der Waals surface area contributed by atoms with Crippen molar-refractivity contribution in [3.63, 3.8) is 0 Å². The highest BCUT2D eigenvalue weighted by Crippen LogP contribution is 2.28. The molecule has 2 heterocycles. The first-order valence-electron chi connectivity index (χ1n) is 9.32. The van der Waals surface area contributed by atoms with E-state index < -0.39 is 21.7 Å². The molecule has 0 aliphatic carbocycles. The first-order chi connectivity index (χ1) is 14.7. The van der Waals surface area contributed by atoms with E-state index in [1.807, 2.05) is 10.3 Å². The van der Waals surface area contributed by atoms with Crippen molar-refractivity contribution in [1.29, 1.82) is 0 Å². The van der Waals surface area contributed by atoms with Crippen LogP contribution in [0, 0.1) is 11.6 Å². The van der Waals surface area contributed by atoms with Gasteiger partial charge in [0.1, 0.15) is 16.5 Å². The fourth-order valence-electron chi connectivity index (χ4n) is 3.32. The molecule has 1 fully saturated rings. The van der Waals surface area contributed by atoms with Gasteiger partial charge in [-0.25, -0.2) is 22.2 Å². The number of piperazine rings is 1. The van der Waals surface area contributed by atoms with Crippen LogP contribution in [0.15, 0.2) is 46.7 Å². The summed E-state index contributed by atoms with van der Waals surface area (Å²) in [6, 6.07) is 7.85. The largest absolute Gasteiger partial charge is 0.345 e. The molecule has 1 saturated heterocycles. The summed E-state index contributed by atoms with van der Waals surface area (Å²) in [6.45, 7) is 1.46. The second-order valence-electron chi connectivity index (χ2n) is 7.01. The first-order valence-corrected chi connectivity index (χ1v) is 12.4. The van der Waals surface area contributed by atoms with Gasteiger partial charge >= 0.3 is 0 Å². The van der Waals surface area contributed by atoms with E-state index in [0.29, 0.717) is 19.5 Å². The summed E-state index contributed by atoms with van der Waals surface area (Å²) < 4.78 is 53.7. The van der Waals surface area contributed by atoms with Crippen molar-refractivity contribution < 1.29 is 17.2 Å². The summed E-state index contributed by atoms with van der Waals surface area (Å²) in [5, 5.41) is 2.66. The van der Waals surface area contributed by atoms with E-state index in [0.717, 1.165) is 28.5 Å². The van der Waals surface area contributed by atoms with Crippen LogP contribution in [-0.4, -0.2) is 43.9 Å². The standard InChI is InChI=1S/C20H17Cl2F2N3O2S2/c21-16-10-13(1-3-18(16)24)9-15-12-30-20(25-15)26-5-7-27(8-6-26)31(28,29)19-4-2-14(23)11-17(19)22/h1-4,10-12H,5-9H2. The van der Waals surface area contributed by atoms with Gasteiger partial charge in [0.15, 0.2) is 5.13 Å². The van der Waals surface area contributed by atoms with Crippen molar-refractivity contribution in [2.75, 3.05) is 31.1 Å². The number of nitrogens with zero attached hydrogens (tertiary/aromatic N) is 3. The molecule has 0 unspecified atom stereocenters. The van der Waals surface area contributed by atoms with Gasteiger partial charge in [-0.05, 0) is 35.9 Å². The Bertz CT molecular complexity index is 1210. The highest BCUT2D eigenvalue weighted by Gasteiger charge is 2.31. The Labute approximate surface area is 192 Å². The maximum Gasteiger partial charge on any atom is 0.244 e. The molecule has 1 aliphatic heterocycles. The van der Waals surface area contributed by atoms with Gasteiger partial charge in [0.25, 0.3) is 0 Å². The summed E-state index contributed by atoms with van der Waals surface area (Å²) in [4.78, 5) is 6.55. The zero-order chi connectivity index (χ0) is 22.2. The van der Waals surface area contributed by atoms with E-state index in [2.05, 4.69) is 4.98 Å². The average Bonchev–Trinajstić information content (AvgIpc) is 3.19. The highest BCUT2D eigenvalue weighted by atomic mass is 35.5. The lowest BCUT2D eigenvalue weighted by Gasteiger charge is -2.33. The minimum absolute atomic E-state index is 0.0755. The molecular formula is C20H17Cl2F2N3O2S2. The molecule has 31 heavy (non-hydrogen) atoms. The molecule has 5 nitrogen and oxygen atoms in total. The van der Waals surface area contributed by atoms with Crippen LogP contribution >= 0.6 is 34.5 Å². The van der Waals surface area contributed by atoms with E-state index in [-0.39, 0.29) is 28.0 Å². The maximum atomic E-state index is 13.3. The van der Waals surface area contributed by atoms with Gasteiger partial charge in [-0.3, -0.25) is 0 Å². The lowest BCUT2D eigenvalue weighted by atomic mass is 10.1. The summed E-state index contributed by atoms with van der Waals surface area (Å²) in [5.41, 5.74) is 1.69. The molecule has 4 rings (SSSR count). The lowest BCUT2D eigenvalue weighted by Crippen LogP contribution is -2.48. The smallest absolute Gasteiger partial charge is 0.244 e. The van der Waals surface area contributed by atoms with Crippen molar-refractivity contribution in [1.82, 2.24) is 9.29 Å². The number of anilines is 1. The number of hydrogen-bond donors (Lipinski definition) is 0. The van der Waals surface area contributed by atoms with Crippen LogP contribution in [0.2, 0.25) is 10.0 Å². The van der Waals surface area contributed by atoms with Gasteiger partial charge in [0, 0.05) is 38.0 Å². The fourth-order valence-corrected chi connectivity index (χ4v) is 6.33. The summed E-state index contributed by atoms with van der Waals surface area (Å²) in [7, 11) is -3.81. The van der Waals surface area contributed by atoms with Crippen LogP contribution in [0.3, 0.4) is 0 Å². The van der Waals surface area contributed by atoms with Crippen LogP contribution in [0.5, 0.6) is 0 Å². The summed E-state index contributed by atoms with van der Waals surface area (Å²) in [5.74, 6) is -1.05. The van der Waals surface area contributed by atoms with E-state index >= 15 is 0 Å². The third-order valence-corrected chi connectivity index (χ3v) is 8.55. The third-order valence-electron chi connectivity index (χ3n) is 4.93. The fraction of sp³-hybridized carbons (Fsp3) is 0.250. The Hall–Kier alpha value is -1.78.